The Hall–Kier alpha value is -2.47. The topological polar surface area (TPSA) is 49.4 Å². The Morgan fingerprint density at radius 2 is 1.60 bits per heavy atom. The number of nitrogens with one attached hydrogen (secondary N) is 1. The lowest BCUT2D eigenvalue weighted by Gasteiger charge is -2.32. The minimum absolute atomic E-state index is 0.118. The van der Waals surface area contributed by atoms with Gasteiger partial charge in [-0.05, 0) is 43.7 Å². The van der Waals surface area contributed by atoms with Gasteiger partial charge in [0.05, 0.1) is 0 Å². The molecule has 0 heterocycles. The molecule has 0 aromatic heterocycles. The molecule has 0 aliphatic rings. The number of halogens is 2. The summed E-state index contributed by atoms with van der Waals surface area (Å²) in [5.74, 6) is 0.286. The van der Waals surface area contributed by atoms with Gasteiger partial charge >= 0.3 is 0 Å². The van der Waals surface area contributed by atoms with E-state index in [9.17, 15) is 9.59 Å². The van der Waals surface area contributed by atoms with E-state index in [4.69, 9.17) is 23.2 Å². The molecule has 0 fully saturated rings. The standard InChI is InChI=1S/C28H30Cl2N2O2S/c1-3-31-28(34)26(18-21-8-5-4-6-9-21)32(19-23-24(29)10-7-11-25(23)30)27(33)16-17-35-22-14-12-20(2)13-15-22/h4-15,26H,3,16-19H2,1-2H3,(H,31,34)/t26-/m0/s1. The average molecular weight is 530 g/mol. The first-order valence-corrected chi connectivity index (χ1v) is 13.4. The lowest BCUT2D eigenvalue weighted by molar-refractivity contribution is -0.140. The maximum atomic E-state index is 13.6. The van der Waals surface area contributed by atoms with Crippen molar-refractivity contribution in [1.82, 2.24) is 10.2 Å². The minimum Gasteiger partial charge on any atom is -0.355 e. The van der Waals surface area contributed by atoms with Crippen molar-refractivity contribution < 1.29 is 9.59 Å². The molecule has 3 aromatic rings. The number of rotatable bonds is 11. The summed E-state index contributed by atoms with van der Waals surface area (Å²) in [6.45, 7) is 4.54. The Labute approximate surface area is 222 Å². The molecule has 0 bridgehead atoms. The van der Waals surface area contributed by atoms with Gasteiger partial charge in [0.1, 0.15) is 6.04 Å². The van der Waals surface area contributed by atoms with E-state index in [1.165, 1.54) is 5.56 Å². The van der Waals surface area contributed by atoms with Gasteiger partial charge in [-0.25, -0.2) is 0 Å². The predicted molar refractivity (Wildman–Crippen MR) is 146 cm³/mol. The van der Waals surface area contributed by atoms with Crippen molar-refractivity contribution in [1.29, 1.82) is 0 Å². The van der Waals surface area contributed by atoms with E-state index in [-0.39, 0.29) is 24.8 Å². The molecule has 35 heavy (non-hydrogen) atoms. The second-order valence-corrected chi connectivity index (χ2v) is 10.2. The summed E-state index contributed by atoms with van der Waals surface area (Å²) in [6, 6.07) is 22.5. The molecule has 0 radical (unpaired) electrons. The molecule has 2 amide bonds. The van der Waals surface area contributed by atoms with E-state index in [1.807, 2.05) is 44.2 Å². The molecule has 7 heteroatoms. The smallest absolute Gasteiger partial charge is 0.243 e. The quantitative estimate of drug-likeness (QED) is 0.286. The zero-order chi connectivity index (χ0) is 25.2. The van der Waals surface area contributed by atoms with Crippen molar-refractivity contribution in [2.75, 3.05) is 12.3 Å². The molecule has 1 N–H and O–H groups in total. The summed E-state index contributed by atoms with van der Waals surface area (Å²) in [5, 5.41) is 3.84. The number of carbonyl (C=O) groups is 2. The Balaban J connectivity index is 1.86. The number of thioether (sulfide) groups is 1. The largest absolute Gasteiger partial charge is 0.355 e. The van der Waals surface area contributed by atoms with Crippen molar-refractivity contribution in [3.63, 3.8) is 0 Å². The van der Waals surface area contributed by atoms with Crippen LogP contribution < -0.4 is 5.32 Å². The highest BCUT2D eigenvalue weighted by atomic mass is 35.5. The fourth-order valence-corrected chi connectivity index (χ4v) is 5.09. The van der Waals surface area contributed by atoms with Crippen LogP contribution in [0.4, 0.5) is 0 Å². The van der Waals surface area contributed by atoms with E-state index >= 15 is 0 Å². The third-order valence-corrected chi connectivity index (χ3v) is 7.34. The summed E-state index contributed by atoms with van der Waals surface area (Å²) in [4.78, 5) is 29.5. The fraction of sp³-hybridized carbons (Fsp3) is 0.286. The van der Waals surface area contributed by atoms with E-state index in [0.717, 1.165) is 10.5 Å². The SMILES string of the molecule is CCNC(=O)[C@H](Cc1ccccc1)N(Cc1c(Cl)cccc1Cl)C(=O)CCSc1ccc(C)cc1. The Bertz CT molecular complexity index is 1100. The number of amides is 2. The van der Waals surface area contributed by atoms with Gasteiger partial charge < -0.3 is 10.2 Å². The van der Waals surface area contributed by atoms with Gasteiger partial charge in [-0.2, -0.15) is 0 Å². The van der Waals surface area contributed by atoms with Crippen LogP contribution in [0.2, 0.25) is 10.0 Å². The van der Waals surface area contributed by atoms with E-state index in [1.54, 1.807) is 34.9 Å². The lowest BCUT2D eigenvalue weighted by Crippen LogP contribution is -2.50. The second kappa shape index (κ2) is 13.6. The summed E-state index contributed by atoms with van der Waals surface area (Å²) >= 11 is 14.5. The third kappa shape index (κ3) is 8.03. The predicted octanol–water partition coefficient (Wildman–Crippen LogP) is 6.56. The van der Waals surface area contributed by atoms with Gasteiger partial charge in [-0.1, -0.05) is 77.3 Å². The fourth-order valence-electron chi connectivity index (χ4n) is 3.73. The number of aryl methyl sites for hydroxylation is 1. The highest BCUT2D eigenvalue weighted by molar-refractivity contribution is 7.99. The first-order chi connectivity index (χ1) is 16.9. The molecule has 3 rings (SSSR count). The van der Waals surface area contributed by atoms with Crippen LogP contribution in [0.3, 0.4) is 0 Å². The van der Waals surface area contributed by atoms with Gasteiger partial charge in [0, 0.05) is 52.2 Å². The van der Waals surface area contributed by atoms with Crippen LogP contribution in [0, 0.1) is 6.92 Å². The summed E-state index contributed by atoms with van der Waals surface area (Å²) in [5.41, 5.74) is 2.80. The molecule has 0 aliphatic carbocycles. The van der Waals surface area contributed by atoms with Gasteiger partial charge in [-0.3, -0.25) is 9.59 Å². The number of likely N-dealkylation sites (N-methyl/N-ethyl adjacent to an activating group) is 1. The van der Waals surface area contributed by atoms with Crippen molar-refractivity contribution in [3.8, 4) is 0 Å². The van der Waals surface area contributed by atoms with Crippen LogP contribution in [0.5, 0.6) is 0 Å². The average Bonchev–Trinajstić information content (AvgIpc) is 2.85. The molecule has 0 unspecified atom stereocenters. The van der Waals surface area contributed by atoms with Crippen molar-refractivity contribution in [3.05, 3.63) is 99.5 Å². The molecule has 0 saturated heterocycles. The number of nitrogens with zero attached hydrogens (tertiary/aromatic N) is 1. The van der Waals surface area contributed by atoms with Crippen molar-refractivity contribution in [2.45, 2.75) is 44.2 Å². The lowest BCUT2D eigenvalue weighted by atomic mass is 10.0. The van der Waals surface area contributed by atoms with Crippen molar-refractivity contribution in [2.24, 2.45) is 0 Å². The zero-order valence-corrected chi connectivity index (χ0v) is 22.3. The Morgan fingerprint density at radius 3 is 2.23 bits per heavy atom. The first kappa shape index (κ1) is 27.1. The normalized spacial score (nSPS) is 11.7. The molecular weight excluding hydrogens is 499 g/mol. The third-order valence-electron chi connectivity index (χ3n) is 5.62. The number of benzene rings is 3. The first-order valence-electron chi connectivity index (χ1n) is 11.6. The maximum Gasteiger partial charge on any atom is 0.243 e. The summed E-state index contributed by atoms with van der Waals surface area (Å²) in [7, 11) is 0. The summed E-state index contributed by atoms with van der Waals surface area (Å²) in [6.07, 6.45) is 0.677. The highest BCUT2D eigenvalue weighted by Gasteiger charge is 2.30. The van der Waals surface area contributed by atoms with Crippen LogP contribution in [-0.4, -0.2) is 35.1 Å². The van der Waals surface area contributed by atoms with Crippen LogP contribution in [0.25, 0.3) is 0 Å². The molecule has 184 valence electrons. The van der Waals surface area contributed by atoms with Crippen LogP contribution >= 0.6 is 35.0 Å². The zero-order valence-electron chi connectivity index (χ0n) is 20.0. The molecule has 1 atom stereocenters. The van der Waals surface area contributed by atoms with Gasteiger partial charge in [0.2, 0.25) is 11.8 Å². The molecule has 0 spiro atoms. The molecule has 4 nitrogen and oxygen atoms in total. The number of hydrogen-bond acceptors (Lipinski definition) is 3. The highest BCUT2D eigenvalue weighted by Crippen LogP contribution is 2.28. The summed E-state index contributed by atoms with van der Waals surface area (Å²) < 4.78 is 0. The molecular formula is C28H30Cl2N2O2S. The molecule has 0 saturated carbocycles. The molecule has 0 aliphatic heterocycles. The van der Waals surface area contributed by atoms with Gasteiger partial charge in [-0.15, -0.1) is 11.8 Å². The molecule has 3 aromatic carbocycles. The number of hydrogen-bond donors (Lipinski definition) is 1. The van der Waals surface area contributed by atoms with Crippen molar-refractivity contribution >= 4 is 46.8 Å². The Kier molecular flexibility index (Phi) is 10.5. The number of carbonyl (C=O) groups excluding carboxylic acids is 2. The van der Waals surface area contributed by atoms with Crippen LogP contribution in [-0.2, 0) is 22.6 Å². The van der Waals surface area contributed by atoms with E-state index in [2.05, 4.69) is 29.6 Å². The van der Waals surface area contributed by atoms with Crippen LogP contribution in [0.15, 0.2) is 77.7 Å². The Morgan fingerprint density at radius 1 is 0.943 bits per heavy atom. The maximum absolute atomic E-state index is 13.6. The van der Waals surface area contributed by atoms with E-state index in [0.29, 0.717) is 34.3 Å². The van der Waals surface area contributed by atoms with Gasteiger partial charge in [0.25, 0.3) is 0 Å². The monoisotopic (exact) mass is 528 g/mol. The van der Waals surface area contributed by atoms with E-state index < -0.39 is 6.04 Å². The van der Waals surface area contributed by atoms with Gasteiger partial charge in [0.15, 0.2) is 0 Å². The second-order valence-electron chi connectivity index (χ2n) is 8.23. The van der Waals surface area contributed by atoms with Crippen LogP contribution in [0.1, 0.15) is 30.0 Å². The minimum atomic E-state index is -0.693.